The molecule has 0 aliphatic heterocycles. The first-order chi connectivity index (χ1) is 9.60. The molecule has 112 valence electrons. The van der Waals surface area contributed by atoms with Crippen LogP contribution in [0.1, 0.15) is 52.0 Å². The zero-order valence-corrected chi connectivity index (χ0v) is 12.0. The van der Waals surface area contributed by atoms with Gasteiger partial charge in [-0.05, 0) is 12.8 Å². The van der Waals surface area contributed by atoms with Crippen LogP contribution in [0.25, 0.3) is 0 Å². The highest BCUT2D eigenvalue weighted by Crippen LogP contribution is 2.15. The number of carbonyl (C=O) groups excluding carboxylic acids is 1. The Kier molecular flexibility index (Phi) is 6.69. The van der Waals surface area contributed by atoms with Crippen LogP contribution in [-0.4, -0.2) is 27.2 Å². The van der Waals surface area contributed by atoms with E-state index in [1.807, 2.05) is 6.92 Å². The largest absolute Gasteiger partial charge is 0.354 e. The van der Waals surface area contributed by atoms with Gasteiger partial charge in [-0.1, -0.05) is 33.1 Å². The van der Waals surface area contributed by atoms with Crippen LogP contribution in [-0.2, 0) is 4.79 Å². The molecule has 1 unspecified atom stereocenters. The topological polar surface area (TPSA) is 90.1 Å². The van der Waals surface area contributed by atoms with E-state index < -0.39 is 11.0 Å². The summed E-state index contributed by atoms with van der Waals surface area (Å²) in [6.07, 6.45) is 7.37. The standard InChI is InChI=1S/C13H22N4O3/c1-3-5-6-7-8-14-13(18)12(4-2)16-10-11(9-15-16)17(19)20/h9-10,12H,3-8H2,1-2H3,(H,14,18). The van der Waals surface area contributed by atoms with Gasteiger partial charge in [-0.2, -0.15) is 5.10 Å². The Morgan fingerprint density at radius 2 is 2.20 bits per heavy atom. The van der Waals surface area contributed by atoms with E-state index in [0.717, 1.165) is 25.5 Å². The lowest BCUT2D eigenvalue weighted by atomic mass is 10.2. The Labute approximate surface area is 118 Å². The van der Waals surface area contributed by atoms with Crippen molar-refractivity contribution in [3.05, 3.63) is 22.5 Å². The van der Waals surface area contributed by atoms with Crippen molar-refractivity contribution in [3.63, 3.8) is 0 Å². The number of rotatable bonds is 9. The minimum absolute atomic E-state index is 0.0980. The number of unbranched alkanes of at least 4 members (excludes halogenated alkanes) is 3. The number of hydrogen-bond acceptors (Lipinski definition) is 4. The summed E-state index contributed by atoms with van der Waals surface area (Å²) >= 11 is 0. The molecule has 1 rings (SSSR count). The summed E-state index contributed by atoms with van der Waals surface area (Å²) in [4.78, 5) is 22.1. The fourth-order valence-corrected chi connectivity index (χ4v) is 1.97. The molecule has 1 heterocycles. The first-order valence-corrected chi connectivity index (χ1v) is 7.06. The van der Waals surface area contributed by atoms with Gasteiger partial charge >= 0.3 is 5.69 Å². The molecule has 7 heteroatoms. The molecule has 1 amide bonds. The first-order valence-electron chi connectivity index (χ1n) is 7.06. The molecule has 1 aromatic heterocycles. The number of nitro groups is 1. The van der Waals surface area contributed by atoms with Gasteiger partial charge in [0.2, 0.25) is 5.91 Å². The molecule has 0 bridgehead atoms. The van der Waals surface area contributed by atoms with Crippen molar-refractivity contribution >= 4 is 11.6 Å². The molecule has 0 aliphatic carbocycles. The van der Waals surface area contributed by atoms with Crippen LogP contribution >= 0.6 is 0 Å². The summed E-state index contributed by atoms with van der Waals surface area (Å²) in [5.74, 6) is -0.137. The normalized spacial score (nSPS) is 12.1. The number of carbonyl (C=O) groups is 1. The Morgan fingerprint density at radius 1 is 1.45 bits per heavy atom. The Balaban J connectivity index is 2.51. The average Bonchev–Trinajstić information content (AvgIpc) is 2.89. The van der Waals surface area contributed by atoms with Gasteiger partial charge in [0.15, 0.2) is 0 Å². The number of hydrogen-bond donors (Lipinski definition) is 1. The summed E-state index contributed by atoms with van der Waals surface area (Å²) in [5, 5.41) is 17.4. The maximum absolute atomic E-state index is 12.0. The van der Waals surface area contributed by atoms with Gasteiger partial charge in [0, 0.05) is 6.54 Å². The summed E-state index contributed by atoms with van der Waals surface area (Å²) in [6, 6.07) is -0.491. The molecule has 0 radical (unpaired) electrons. The molecule has 7 nitrogen and oxygen atoms in total. The zero-order valence-electron chi connectivity index (χ0n) is 12.0. The van der Waals surface area contributed by atoms with Crippen LogP contribution in [0.5, 0.6) is 0 Å². The lowest BCUT2D eigenvalue weighted by Gasteiger charge is -2.15. The van der Waals surface area contributed by atoms with E-state index in [9.17, 15) is 14.9 Å². The molecule has 0 saturated heterocycles. The van der Waals surface area contributed by atoms with Crippen molar-refractivity contribution in [2.75, 3.05) is 6.54 Å². The highest BCUT2D eigenvalue weighted by atomic mass is 16.6. The van der Waals surface area contributed by atoms with E-state index in [1.165, 1.54) is 17.3 Å². The predicted octanol–water partition coefficient (Wildman–Crippen LogP) is 2.44. The molecule has 1 N–H and O–H groups in total. The first kappa shape index (κ1) is 16.1. The highest BCUT2D eigenvalue weighted by molar-refractivity contribution is 5.80. The molecular formula is C13H22N4O3. The van der Waals surface area contributed by atoms with Gasteiger partial charge in [0.25, 0.3) is 0 Å². The fraction of sp³-hybridized carbons (Fsp3) is 0.692. The number of nitrogens with zero attached hydrogens (tertiary/aromatic N) is 3. The molecule has 0 aliphatic rings. The number of aromatic nitrogens is 2. The van der Waals surface area contributed by atoms with Gasteiger partial charge in [-0.25, -0.2) is 0 Å². The van der Waals surface area contributed by atoms with Gasteiger partial charge in [-0.3, -0.25) is 19.6 Å². The smallest absolute Gasteiger partial charge is 0.307 e. The monoisotopic (exact) mass is 282 g/mol. The Hall–Kier alpha value is -1.92. The number of amides is 1. The third-order valence-corrected chi connectivity index (χ3v) is 3.14. The molecule has 0 saturated carbocycles. The summed E-state index contributed by atoms with van der Waals surface area (Å²) in [6.45, 7) is 4.63. The van der Waals surface area contributed by atoms with E-state index in [0.29, 0.717) is 13.0 Å². The third kappa shape index (κ3) is 4.64. The lowest BCUT2D eigenvalue weighted by molar-refractivity contribution is -0.385. The molecular weight excluding hydrogens is 260 g/mol. The van der Waals surface area contributed by atoms with E-state index in [4.69, 9.17) is 0 Å². The summed E-state index contributed by atoms with van der Waals surface area (Å²) < 4.78 is 1.36. The van der Waals surface area contributed by atoms with Crippen molar-refractivity contribution in [1.29, 1.82) is 0 Å². The number of nitrogens with one attached hydrogen (secondary N) is 1. The lowest BCUT2D eigenvalue weighted by Crippen LogP contribution is -2.33. The van der Waals surface area contributed by atoms with Crippen molar-refractivity contribution < 1.29 is 9.72 Å². The zero-order chi connectivity index (χ0) is 15.0. The minimum atomic E-state index is -0.515. The van der Waals surface area contributed by atoms with Crippen LogP contribution < -0.4 is 5.32 Å². The van der Waals surface area contributed by atoms with Crippen LogP contribution in [0.4, 0.5) is 5.69 Å². The van der Waals surface area contributed by atoms with Gasteiger partial charge in [0.05, 0.1) is 4.92 Å². The van der Waals surface area contributed by atoms with Crippen LogP contribution in [0, 0.1) is 10.1 Å². The second-order valence-electron chi connectivity index (χ2n) is 4.71. The third-order valence-electron chi connectivity index (χ3n) is 3.14. The molecule has 20 heavy (non-hydrogen) atoms. The minimum Gasteiger partial charge on any atom is -0.354 e. The van der Waals surface area contributed by atoms with E-state index in [2.05, 4.69) is 17.3 Å². The maximum Gasteiger partial charge on any atom is 0.307 e. The van der Waals surface area contributed by atoms with Crippen molar-refractivity contribution in [1.82, 2.24) is 15.1 Å². The molecule has 0 spiro atoms. The Bertz CT molecular complexity index is 445. The van der Waals surface area contributed by atoms with Crippen molar-refractivity contribution in [2.24, 2.45) is 0 Å². The van der Waals surface area contributed by atoms with Gasteiger partial charge in [0.1, 0.15) is 18.4 Å². The second-order valence-corrected chi connectivity index (χ2v) is 4.71. The second kappa shape index (κ2) is 8.29. The van der Waals surface area contributed by atoms with Crippen molar-refractivity contribution in [3.8, 4) is 0 Å². The quantitative estimate of drug-likeness (QED) is 0.428. The SMILES string of the molecule is CCCCCCNC(=O)C(CC)n1cc([N+](=O)[O-])cn1. The average molecular weight is 282 g/mol. The van der Waals surface area contributed by atoms with E-state index in [-0.39, 0.29) is 11.6 Å². The van der Waals surface area contributed by atoms with Crippen LogP contribution in [0.15, 0.2) is 12.4 Å². The Morgan fingerprint density at radius 3 is 2.75 bits per heavy atom. The van der Waals surface area contributed by atoms with E-state index >= 15 is 0 Å². The molecule has 0 fully saturated rings. The van der Waals surface area contributed by atoms with Gasteiger partial charge < -0.3 is 5.32 Å². The summed E-state index contributed by atoms with van der Waals surface area (Å²) in [7, 11) is 0. The summed E-state index contributed by atoms with van der Waals surface area (Å²) in [5.41, 5.74) is -0.0980. The highest BCUT2D eigenvalue weighted by Gasteiger charge is 2.21. The molecule has 0 aromatic carbocycles. The maximum atomic E-state index is 12.0. The predicted molar refractivity (Wildman–Crippen MR) is 75.4 cm³/mol. The van der Waals surface area contributed by atoms with Crippen molar-refractivity contribution in [2.45, 2.75) is 52.0 Å². The van der Waals surface area contributed by atoms with Crippen LogP contribution in [0.3, 0.4) is 0 Å². The van der Waals surface area contributed by atoms with E-state index in [1.54, 1.807) is 0 Å². The molecule has 1 atom stereocenters. The molecule has 1 aromatic rings. The van der Waals surface area contributed by atoms with Gasteiger partial charge in [-0.15, -0.1) is 0 Å². The fourth-order valence-electron chi connectivity index (χ4n) is 1.97. The van der Waals surface area contributed by atoms with Crippen LogP contribution in [0.2, 0.25) is 0 Å².